The first kappa shape index (κ1) is 13.6. The molecule has 1 heterocycles. The molecule has 0 saturated heterocycles. The van der Waals surface area contributed by atoms with E-state index in [0.717, 1.165) is 32.2 Å². The molecule has 0 amide bonds. The molecule has 0 aliphatic heterocycles. The van der Waals surface area contributed by atoms with E-state index in [2.05, 4.69) is 55.9 Å². The number of nitrogens with zero attached hydrogens (tertiary/aromatic N) is 1. The quantitative estimate of drug-likeness (QED) is 0.732. The number of alkyl halides is 1. The van der Waals surface area contributed by atoms with Crippen molar-refractivity contribution in [2.24, 2.45) is 0 Å². The summed E-state index contributed by atoms with van der Waals surface area (Å²) in [4.78, 5) is 4.08. The number of aromatic nitrogens is 1. The molecule has 0 saturated carbocycles. The van der Waals surface area contributed by atoms with E-state index in [1.54, 1.807) is 6.20 Å². The average Bonchev–Trinajstić information content (AvgIpc) is 2.38. The SMILES string of the molecule is Cc1cc(Br)cc(CBr)c1OCc1cccnc1. The number of halogens is 2. The van der Waals surface area contributed by atoms with Gasteiger partial charge in [-0.25, -0.2) is 0 Å². The predicted octanol–water partition coefficient (Wildman–Crippen LogP) is 4.63. The lowest BCUT2D eigenvalue weighted by molar-refractivity contribution is 0.301. The standard InChI is InChI=1S/C14H13Br2NO/c1-10-5-13(16)6-12(7-15)14(10)18-9-11-3-2-4-17-8-11/h2-6,8H,7,9H2,1H3. The van der Waals surface area contributed by atoms with Gasteiger partial charge in [-0.1, -0.05) is 37.9 Å². The zero-order valence-corrected chi connectivity index (χ0v) is 13.2. The lowest BCUT2D eigenvalue weighted by Crippen LogP contribution is -2.00. The maximum absolute atomic E-state index is 5.91. The third kappa shape index (κ3) is 3.33. The van der Waals surface area contributed by atoms with Gasteiger partial charge in [-0.3, -0.25) is 4.98 Å². The Morgan fingerprint density at radius 2 is 2.17 bits per heavy atom. The molecule has 2 aromatic rings. The summed E-state index contributed by atoms with van der Waals surface area (Å²) >= 11 is 6.99. The number of rotatable bonds is 4. The number of hydrogen-bond acceptors (Lipinski definition) is 2. The van der Waals surface area contributed by atoms with Crippen LogP contribution in [0.15, 0.2) is 41.1 Å². The van der Waals surface area contributed by atoms with Crippen molar-refractivity contribution < 1.29 is 4.74 Å². The minimum atomic E-state index is 0.538. The first-order valence-electron chi connectivity index (χ1n) is 5.57. The minimum Gasteiger partial charge on any atom is -0.488 e. The first-order valence-corrected chi connectivity index (χ1v) is 7.49. The van der Waals surface area contributed by atoms with E-state index in [9.17, 15) is 0 Å². The van der Waals surface area contributed by atoms with Crippen LogP contribution in [0.2, 0.25) is 0 Å². The second kappa shape index (κ2) is 6.34. The summed E-state index contributed by atoms with van der Waals surface area (Å²) in [5.41, 5.74) is 3.34. The van der Waals surface area contributed by atoms with Crippen molar-refractivity contribution in [2.75, 3.05) is 0 Å². The minimum absolute atomic E-state index is 0.538. The van der Waals surface area contributed by atoms with E-state index >= 15 is 0 Å². The van der Waals surface area contributed by atoms with Crippen LogP contribution in [0.4, 0.5) is 0 Å². The van der Waals surface area contributed by atoms with Crippen molar-refractivity contribution in [3.05, 3.63) is 57.8 Å². The van der Waals surface area contributed by atoms with Crippen LogP contribution in [-0.4, -0.2) is 4.98 Å². The number of benzene rings is 1. The highest BCUT2D eigenvalue weighted by Crippen LogP contribution is 2.30. The molecule has 0 spiro atoms. The molecular weight excluding hydrogens is 358 g/mol. The summed E-state index contributed by atoms with van der Waals surface area (Å²) in [6.07, 6.45) is 3.58. The monoisotopic (exact) mass is 369 g/mol. The van der Waals surface area contributed by atoms with Gasteiger partial charge in [0.2, 0.25) is 0 Å². The van der Waals surface area contributed by atoms with Crippen LogP contribution in [0.3, 0.4) is 0 Å². The van der Waals surface area contributed by atoms with E-state index in [0.29, 0.717) is 6.61 Å². The number of pyridine rings is 1. The third-order valence-corrected chi connectivity index (χ3v) is 3.63. The molecule has 1 aromatic heterocycles. The Bertz CT molecular complexity index is 529. The van der Waals surface area contributed by atoms with Gasteiger partial charge in [-0.2, -0.15) is 0 Å². The molecule has 2 rings (SSSR count). The summed E-state index contributed by atoms with van der Waals surface area (Å²) in [5.74, 6) is 0.943. The van der Waals surface area contributed by atoms with E-state index < -0.39 is 0 Å². The smallest absolute Gasteiger partial charge is 0.126 e. The van der Waals surface area contributed by atoms with Crippen molar-refractivity contribution in [3.8, 4) is 5.75 Å². The Labute approximate surface area is 124 Å². The number of ether oxygens (including phenoxy) is 1. The second-order valence-electron chi connectivity index (χ2n) is 3.99. The van der Waals surface area contributed by atoms with Crippen molar-refractivity contribution in [2.45, 2.75) is 18.9 Å². The summed E-state index contributed by atoms with van der Waals surface area (Å²) < 4.78 is 6.98. The number of hydrogen-bond donors (Lipinski definition) is 0. The molecule has 18 heavy (non-hydrogen) atoms. The van der Waals surface area contributed by atoms with Crippen molar-refractivity contribution in [1.82, 2.24) is 4.98 Å². The predicted molar refractivity (Wildman–Crippen MR) is 80.1 cm³/mol. The molecule has 0 fully saturated rings. The molecule has 0 unspecified atom stereocenters. The van der Waals surface area contributed by atoms with Gasteiger partial charge in [0.05, 0.1) is 0 Å². The Kier molecular flexibility index (Phi) is 4.78. The molecule has 0 atom stereocenters. The van der Waals surface area contributed by atoms with Gasteiger partial charge in [-0.05, 0) is 30.7 Å². The zero-order chi connectivity index (χ0) is 13.0. The third-order valence-electron chi connectivity index (χ3n) is 2.57. The van der Waals surface area contributed by atoms with Crippen LogP contribution in [0.1, 0.15) is 16.7 Å². The van der Waals surface area contributed by atoms with Crippen molar-refractivity contribution in [3.63, 3.8) is 0 Å². The highest BCUT2D eigenvalue weighted by molar-refractivity contribution is 9.10. The Balaban J connectivity index is 2.19. The van der Waals surface area contributed by atoms with Gasteiger partial charge < -0.3 is 4.74 Å². The zero-order valence-electron chi connectivity index (χ0n) is 9.99. The van der Waals surface area contributed by atoms with E-state index in [1.165, 1.54) is 0 Å². The van der Waals surface area contributed by atoms with Crippen LogP contribution in [0.5, 0.6) is 5.75 Å². The Morgan fingerprint density at radius 3 is 2.83 bits per heavy atom. The molecule has 0 radical (unpaired) electrons. The maximum atomic E-state index is 5.91. The second-order valence-corrected chi connectivity index (χ2v) is 5.47. The lowest BCUT2D eigenvalue weighted by Gasteiger charge is -2.13. The summed E-state index contributed by atoms with van der Waals surface area (Å²) in [6, 6.07) is 8.05. The summed E-state index contributed by atoms with van der Waals surface area (Å²) in [7, 11) is 0. The molecular formula is C14H13Br2NO. The topological polar surface area (TPSA) is 22.1 Å². The fourth-order valence-corrected chi connectivity index (χ4v) is 2.78. The van der Waals surface area contributed by atoms with Crippen LogP contribution in [-0.2, 0) is 11.9 Å². The van der Waals surface area contributed by atoms with Gasteiger partial charge >= 0.3 is 0 Å². The van der Waals surface area contributed by atoms with Crippen molar-refractivity contribution >= 4 is 31.9 Å². The molecule has 4 heteroatoms. The van der Waals surface area contributed by atoms with Gasteiger partial charge in [-0.15, -0.1) is 0 Å². The maximum Gasteiger partial charge on any atom is 0.126 e. The summed E-state index contributed by atoms with van der Waals surface area (Å²) in [5, 5.41) is 0.773. The van der Waals surface area contributed by atoms with Gasteiger partial charge in [0, 0.05) is 33.3 Å². The normalized spacial score (nSPS) is 10.4. The molecule has 94 valence electrons. The fraction of sp³-hybridized carbons (Fsp3) is 0.214. The highest BCUT2D eigenvalue weighted by Gasteiger charge is 2.08. The molecule has 0 aliphatic carbocycles. The highest BCUT2D eigenvalue weighted by atomic mass is 79.9. The molecule has 0 aliphatic rings. The van der Waals surface area contributed by atoms with E-state index in [1.807, 2.05) is 18.3 Å². The summed E-state index contributed by atoms with van der Waals surface area (Å²) in [6.45, 7) is 2.59. The molecule has 1 aromatic carbocycles. The van der Waals surface area contributed by atoms with Gasteiger partial charge in [0.15, 0.2) is 0 Å². The van der Waals surface area contributed by atoms with Crippen LogP contribution >= 0.6 is 31.9 Å². The first-order chi connectivity index (χ1) is 8.70. The molecule has 2 nitrogen and oxygen atoms in total. The molecule has 0 N–H and O–H groups in total. The van der Waals surface area contributed by atoms with Gasteiger partial charge in [0.1, 0.15) is 12.4 Å². The molecule has 0 bridgehead atoms. The van der Waals surface area contributed by atoms with E-state index in [-0.39, 0.29) is 0 Å². The Morgan fingerprint density at radius 1 is 1.33 bits per heavy atom. The Hall–Kier alpha value is -0.870. The fourth-order valence-electron chi connectivity index (χ4n) is 1.74. The van der Waals surface area contributed by atoms with Crippen LogP contribution in [0.25, 0.3) is 0 Å². The van der Waals surface area contributed by atoms with Crippen LogP contribution in [0, 0.1) is 6.92 Å². The van der Waals surface area contributed by atoms with Gasteiger partial charge in [0.25, 0.3) is 0 Å². The average molecular weight is 371 g/mol. The van der Waals surface area contributed by atoms with E-state index in [4.69, 9.17) is 4.74 Å². The number of aryl methyl sites for hydroxylation is 1. The lowest BCUT2D eigenvalue weighted by atomic mass is 10.1. The van der Waals surface area contributed by atoms with Crippen LogP contribution < -0.4 is 4.74 Å². The largest absolute Gasteiger partial charge is 0.488 e. The van der Waals surface area contributed by atoms with Crippen molar-refractivity contribution in [1.29, 1.82) is 0 Å².